The smallest absolute Gasteiger partial charge is 0.284 e. The van der Waals surface area contributed by atoms with Crippen LogP contribution in [0.4, 0.5) is 26.0 Å². The molecule has 12 rings (SSSR count). The molecule has 5 aromatic rings. The third-order valence-corrected chi connectivity index (χ3v) is 15.6. The van der Waals surface area contributed by atoms with E-state index in [0.717, 1.165) is 132 Å². The van der Waals surface area contributed by atoms with Gasteiger partial charge in [0, 0.05) is 88.8 Å². The van der Waals surface area contributed by atoms with Crippen molar-refractivity contribution >= 4 is 51.5 Å². The Kier molecular flexibility index (Phi) is 10.8. The molecule has 7 aliphatic rings. The van der Waals surface area contributed by atoms with E-state index in [0.29, 0.717) is 36.9 Å². The van der Waals surface area contributed by atoms with E-state index in [1.807, 2.05) is 25.1 Å². The second-order valence-electron chi connectivity index (χ2n) is 20.1. The van der Waals surface area contributed by atoms with Gasteiger partial charge in [-0.25, -0.2) is 18.3 Å². The summed E-state index contributed by atoms with van der Waals surface area (Å²) in [5, 5.41) is 19.7. The largest absolute Gasteiger partial charge is 0.374 e. The van der Waals surface area contributed by atoms with Crippen LogP contribution in [0.2, 0.25) is 0 Å². The SMILES string of the molecule is Cc1nn(C2CCC(=O)NC2=O)c2cccc(N3CCN(C[C@@H]4COC5(C4)CN(CC4CCC(n6cc(NC(=O)c7cnn8ccc(N9C[C@H]%10C[C@@H]9CO%10)nc78)c(C(F)F)n6)CC4)C5)CC3)c12. The van der Waals surface area contributed by atoms with Gasteiger partial charge in [-0.1, -0.05) is 6.07 Å². The fourth-order valence-electron chi connectivity index (χ4n) is 12.3. The highest BCUT2D eigenvalue weighted by atomic mass is 19.3. The predicted octanol–water partition coefficient (Wildman–Crippen LogP) is 4.37. The number of halogens is 2. The van der Waals surface area contributed by atoms with E-state index in [-0.39, 0.29) is 46.9 Å². The fraction of sp³-hybridized carbons (Fsp3) is 0.596. The van der Waals surface area contributed by atoms with Gasteiger partial charge in [0.1, 0.15) is 17.4 Å². The molecule has 20 heteroatoms. The van der Waals surface area contributed by atoms with Crippen molar-refractivity contribution in [2.45, 2.75) is 94.5 Å². The molecule has 1 aromatic carbocycles. The van der Waals surface area contributed by atoms with Crippen molar-refractivity contribution in [3.05, 3.63) is 59.8 Å². The maximum atomic E-state index is 14.4. The van der Waals surface area contributed by atoms with Gasteiger partial charge in [0.25, 0.3) is 18.2 Å². The number of ether oxygens (including phenoxy) is 2. The lowest BCUT2D eigenvalue weighted by Crippen LogP contribution is -2.62. The number of hydrogen-bond donors (Lipinski definition) is 2. The van der Waals surface area contributed by atoms with Crippen LogP contribution in [0.5, 0.6) is 0 Å². The summed E-state index contributed by atoms with van der Waals surface area (Å²) in [6.07, 6.45) is 8.50. The number of piperazine rings is 1. The zero-order valence-corrected chi connectivity index (χ0v) is 37.7. The van der Waals surface area contributed by atoms with Gasteiger partial charge in [-0.15, -0.1) is 0 Å². The second kappa shape index (κ2) is 16.9. The maximum Gasteiger partial charge on any atom is 0.284 e. The first-order valence-electron chi connectivity index (χ1n) is 24.1. The Labute approximate surface area is 385 Å². The number of benzene rings is 1. The Balaban J connectivity index is 0.603. The number of aromatic nitrogens is 7. The van der Waals surface area contributed by atoms with Crippen molar-refractivity contribution in [1.29, 1.82) is 0 Å². The highest BCUT2D eigenvalue weighted by Crippen LogP contribution is 2.42. The Morgan fingerprint density at radius 3 is 2.55 bits per heavy atom. The number of carbonyl (C=O) groups is 3. The Morgan fingerprint density at radius 2 is 1.79 bits per heavy atom. The number of likely N-dealkylation sites (tertiary alicyclic amines) is 1. The number of anilines is 3. The Bertz CT molecular complexity index is 2720. The molecular weight excluding hydrogens is 865 g/mol. The molecule has 354 valence electrons. The molecule has 2 N–H and O–H groups in total. The fourth-order valence-corrected chi connectivity index (χ4v) is 12.3. The van der Waals surface area contributed by atoms with Crippen LogP contribution in [-0.2, 0) is 19.1 Å². The second-order valence-corrected chi connectivity index (χ2v) is 20.1. The number of fused-ring (bicyclic) bond motifs is 4. The molecule has 3 amide bonds. The standard InChI is InChI=1S/C47H57F2N13O5/c1-28-41-36(3-2-4-37(41)62(54-28)38-9-10-40(63)53-46(38)65)58-15-13-56(14-16-58)21-30-18-47(67-24-30)26-57(27-47)20-29-5-7-31(8-6-29)61-23-35(42(55-61)43(48)49)51-45(64)34-19-50-60-12-11-39(52-44(34)60)59-22-33-17-32(59)25-66-33/h2-4,11-12,19,23,29-33,38,43H,5-10,13-18,20-22,24-27H2,1H3,(H,51,64)(H,53,63,65)/t29?,30-,31?,32-,33-,38?/m1/s1. The van der Waals surface area contributed by atoms with E-state index in [2.05, 4.69) is 46.5 Å². The van der Waals surface area contributed by atoms with Crippen molar-refractivity contribution in [2.24, 2.45) is 11.8 Å². The van der Waals surface area contributed by atoms with E-state index in [1.54, 1.807) is 21.8 Å². The number of alkyl halides is 2. The van der Waals surface area contributed by atoms with Crippen LogP contribution in [-0.4, -0.2) is 152 Å². The normalized spacial score (nSPS) is 27.8. The van der Waals surface area contributed by atoms with Gasteiger partial charge in [0.2, 0.25) is 5.91 Å². The average molecular weight is 922 g/mol. The van der Waals surface area contributed by atoms with Crippen LogP contribution in [0.3, 0.4) is 0 Å². The number of rotatable bonds is 11. The number of nitrogens with zero attached hydrogens (tertiary/aromatic N) is 11. The van der Waals surface area contributed by atoms with Gasteiger partial charge < -0.3 is 24.6 Å². The lowest BCUT2D eigenvalue weighted by Gasteiger charge is -2.49. The van der Waals surface area contributed by atoms with Gasteiger partial charge in [0.15, 0.2) is 11.3 Å². The molecule has 1 spiro atoms. The number of carbonyl (C=O) groups excluding carboxylic acids is 3. The highest BCUT2D eigenvalue weighted by molar-refractivity contribution is 6.08. The number of imide groups is 1. The molecule has 6 saturated heterocycles. The van der Waals surface area contributed by atoms with E-state index < -0.39 is 24.1 Å². The summed E-state index contributed by atoms with van der Waals surface area (Å²) in [6, 6.07) is 7.82. The van der Waals surface area contributed by atoms with Crippen LogP contribution in [0.1, 0.15) is 91.6 Å². The van der Waals surface area contributed by atoms with Gasteiger partial charge in [-0.3, -0.25) is 38.9 Å². The van der Waals surface area contributed by atoms with Crippen LogP contribution < -0.4 is 20.4 Å². The molecule has 4 atom stereocenters. The van der Waals surface area contributed by atoms with Crippen LogP contribution in [0, 0.1) is 18.8 Å². The Hall–Kier alpha value is -5.57. The van der Waals surface area contributed by atoms with Gasteiger partial charge in [0.05, 0.1) is 60.1 Å². The van der Waals surface area contributed by atoms with Crippen LogP contribution in [0.25, 0.3) is 16.6 Å². The predicted molar refractivity (Wildman–Crippen MR) is 242 cm³/mol. The van der Waals surface area contributed by atoms with Gasteiger partial charge in [-0.05, 0) is 81.9 Å². The lowest BCUT2D eigenvalue weighted by atomic mass is 9.82. The third-order valence-electron chi connectivity index (χ3n) is 15.6. The first-order valence-corrected chi connectivity index (χ1v) is 24.1. The van der Waals surface area contributed by atoms with Crippen LogP contribution >= 0.6 is 0 Å². The number of nitrogens with one attached hydrogen (secondary N) is 2. The van der Waals surface area contributed by atoms with E-state index >= 15 is 0 Å². The van der Waals surface area contributed by atoms with E-state index in [1.165, 1.54) is 10.7 Å². The minimum atomic E-state index is -2.85. The number of amides is 3. The number of piperidine rings is 1. The molecular formula is C47H57F2N13O5. The topological polar surface area (TPSA) is 173 Å². The van der Waals surface area contributed by atoms with Gasteiger partial charge >= 0.3 is 0 Å². The summed E-state index contributed by atoms with van der Waals surface area (Å²) in [4.78, 5) is 52.6. The number of aryl methyl sites for hydroxylation is 1. The Morgan fingerprint density at radius 1 is 0.970 bits per heavy atom. The minimum Gasteiger partial charge on any atom is -0.374 e. The van der Waals surface area contributed by atoms with Gasteiger partial charge in [-0.2, -0.15) is 15.3 Å². The van der Waals surface area contributed by atoms with Crippen LogP contribution in [0.15, 0.2) is 42.9 Å². The van der Waals surface area contributed by atoms with Crippen molar-refractivity contribution in [1.82, 2.24) is 49.3 Å². The first-order chi connectivity index (χ1) is 32.5. The van der Waals surface area contributed by atoms with Crippen molar-refractivity contribution < 1.29 is 32.6 Å². The minimum absolute atomic E-state index is 0.0109. The van der Waals surface area contributed by atoms with Crippen molar-refractivity contribution in [3.63, 3.8) is 0 Å². The maximum absolute atomic E-state index is 14.4. The molecule has 1 unspecified atom stereocenters. The molecule has 67 heavy (non-hydrogen) atoms. The molecule has 10 heterocycles. The summed E-state index contributed by atoms with van der Waals surface area (Å²) in [7, 11) is 0. The summed E-state index contributed by atoms with van der Waals surface area (Å²) in [5.41, 5.74) is 3.04. The molecule has 0 radical (unpaired) electrons. The quantitative estimate of drug-likeness (QED) is 0.179. The zero-order chi connectivity index (χ0) is 45.6. The molecule has 6 aliphatic heterocycles. The molecule has 4 aromatic heterocycles. The highest BCUT2D eigenvalue weighted by Gasteiger charge is 2.50. The molecule has 18 nitrogen and oxygen atoms in total. The summed E-state index contributed by atoms with van der Waals surface area (Å²) in [5.74, 6) is 0.684. The molecule has 7 fully saturated rings. The zero-order valence-electron chi connectivity index (χ0n) is 37.7. The average Bonchev–Trinajstić information content (AvgIpc) is 4.19. The van der Waals surface area contributed by atoms with E-state index in [4.69, 9.17) is 19.6 Å². The molecule has 1 aliphatic carbocycles. The number of morpholine rings is 1. The molecule has 2 bridgehead atoms. The van der Waals surface area contributed by atoms with E-state index in [9.17, 15) is 23.2 Å². The van der Waals surface area contributed by atoms with Crippen molar-refractivity contribution in [3.8, 4) is 0 Å². The monoisotopic (exact) mass is 921 g/mol. The summed E-state index contributed by atoms with van der Waals surface area (Å²) in [6.45, 7) is 11.8. The first kappa shape index (κ1) is 42.8. The molecule has 1 saturated carbocycles. The van der Waals surface area contributed by atoms with Crippen molar-refractivity contribution in [2.75, 3.05) is 87.2 Å². The summed E-state index contributed by atoms with van der Waals surface area (Å²) >= 11 is 0. The summed E-state index contributed by atoms with van der Waals surface area (Å²) < 4.78 is 45.9. The lowest BCUT2D eigenvalue weighted by molar-refractivity contribution is -0.135. The number of hydrogen-bond acceptors (Lipinski definition) is 13. The third kappa shape index (κ3) is 7.92.